The number of aliphatic hydroxyl groups is 1. The zero-order chi connectivity index (χ0) is 15.1. The van der Waals surface area contributed by atoms with Gasteiger partial charge in [0.05, 0.1) is 0 Å². The molecule has 1 N–H and O–H groups in total. The summed E-state index contributed by atoms with van der Waals surface area (Å²) < 4.78 is 0. The van der Waals surface area contributed by atoms with E-state index in [0.717, 1.165) is 12.8 Å². The van der Waals surface area contributed by atoms with Crippen LogP contribution in [0.1, 0.15) is 53.5 Å². The summed E-state index contributed by atoms with van der Waals surface area (Å²) in [5.74, 6) is 0.350. The molecular formula is C18H30O. The largest absolute Gasteiger partial charge is 0.508 e. The molecule has 108 valence electrons. The number of rotatable bonds is 4. The Hall–Kier alpha value is -1.50. The molecule has 0 heterocycles. The Kier molecular flexibility index (Phi) is 15.2. The van der Waals surface area contributed by atoms with Crippen LogP contribution in [0.25, 0.3) is 0 Å². The zero-order valence-electron chi connectivity index (χ0n) is 13.4. The number of aliphatic hydroxyl groups excluding tert-OH is 1. The molecule has 1 heteroatoms. The normalized spacial score (nSPS) is 10.8. The Labute approximate surface area is 119 Å². The van der Waals surface area contributed by atoms with Crippen LogP contribution in [0, 0.1) is 0 Å². The average Bonchev–Trinajstić information content (AvgIpc) is 2.51. The molecule has 1 nitrogen and oxygen atoms in total. The first-order valence-corrected chi connectivity index (χ1v) is 7.35. The summed E-state index contributed by atoms with van der Waals surface area (Å²) in [5.41, 5.74) is 2.53. The lowest BCUT2D eigenvalue weighted by Crippen LogP contribution is -1.90. The molecule has 1 aromatic carbocycles. The first kappa shape index (κ1) is 19.8. The Morgan fingerprint density at radius 2 is 1.58 bits per heavy atom. The fraction of sp³-hybridized carbons (Fsp3) is 0.444. The molecule has 0 bridgehead atoms. The van der Waals surface area contributed by atoms with Gasteiger partial charge in [0.15, 0.2) is 0 Å². The summed E-state index contributed by atoms with van der Waals surface area (Å²) in [6.07, 6.45) is 5.44. The molecule has 1 aromatic rings. The van der Waals surface area contributed by atoms with E-state index in [1.165, 1.54) is 11.1 Å². The standard InChI is InChI=1S/C14H18O.2C2H6/c1-3-12(11-14(15)4-2)10-13-8-6-5-7-9-13;2*1-2/h4-9,11,15H,3,10H2,1-2H3;2*1-2H3/b12-11+,14-4+;;. The van der Waals surface area contributed by atoms with Crippen molar-refractivity contribution >= 4 is 0 Å². The topological polar surface area (TPSA) is 20.2 Å². The van der Waals surface area contributed by atoms with E-state index in [1.54, 1.807) is 6.08 Å². The molecule has 0 unspecified atom stereocenters. The van der Waals surface area contributed by atoms with Gasteiger partial charge in [0.2, 0.25) is 0 Å². The number of hydrogen-bond acceptors (Lipinski definition) is 1. The van der Waals surface area contributed by atoms with E-state index in [4.69, 9.17) is 0 Å². The molecule has 0 fully saturated rings. The number of benzene rings is 1. The maximum Gasteiger partial charge on any atom is 0.111 e. The summed E-state index contributed by atoms with van der Waals surface area (Å²) in [6.45, 7) is 11.9. The highest BCUT2D eigenvalue weighted by Crippen LogP contribution is 2.12. The van der Waals surface area contributed by atoms with Crippen LogP contribution in [-0.4, -0.2) is 5.11 Å². The molecule has 0 saturated carbocycles. The third-order valence-corrected chi connectivity index (χ3v) is 2.38. The molecule has 0 radical (unpaired) electrons. The van der Waals surface area contributed by atoms with Gasteiger partial charge in [-0.1, -0.05) is 70.5 Å². The van der Waals surface area contributed by atoms with Crippen LogP contribution in [0.3, 0.4) is 0 Å². The third kappa shape index (κ3) is 10.1. The molecule has 19 heavy (non-hydrogen) atoms. The fourth-order valence-electron chi connectivity index (χ4n) is 1.43. The first-order valence-electron chi connectivity index (χ1n) is 7.35. The van der Waals surface area contributed by atoms with Crippen LogP contribution in [0.15, 0.2) is 53.8 Å². The van der Waals surface area contributed by atoms with Crippen molar-refractivity contribution in [3.05, 3.63) is 59.4 Å². The second-order valence-electron chi connectivity index (χ2n) is 3.53. The highest BCUT2D eigenvalue weighted by molar-refractivity contribution is 5.25. The quantitative estimate of drug-likeness (QED) is 0.515. The van der Waals surface area contributed by atoms with Gasteiger partial charge in [-0.05, 0) is 37.5 Å². The van der Waals surface area contributed by atoms with Crippen LogP contribution in [0.5, 0.6) is 0 Å². The molecule has 0 aliphatic rings. The van der Waals surface area contributed by atoms with Gasteiger partial charge < -0.3 is 5.11 Å². The first-order chi connectivity index (χ1) is 9.26. The van der Waals surface area contributed by atoms with Gasteiger partial charge in [0, 0.05) is 0 Å². The van der Waals surface area contributed by atoms with Crippen molar-refractivity contribution in [1.29, 1.82) is 0 Å². The minimum atomic E-state index is 0.350. The minimum absolute atomic E-state index is 0.350. The van der Waals surface area contributed by atoms with Gasteiger partial charge in [-0.25, -0.2) is 0 Å². The third-order valence-electron chi connectivity index (χ3n) is 2.38. The fourth-order valence-corrected chi connectivity index (χ4v) is 1.43. The highest BCUT2D eigenvalue weighted by atomic mass is 16.3. The van der Waals surface area contributed by atoms with Gasteiger partial charge in [-0.15, -0.1) is 0 Å². The molecule has 0 aliphatic heterocycles. The van der Waals surface area contributed by atoms with Gasteiger partial charge in [-0.2, -0.15) is 0 Å². The lowest BCUT2D eigenvalue weighted by atomic mass is 10.0. The molecule has 0 saturated heterocycles. The van der Waals surface area contributed by atoms with Gasteiger partial charge >= 0.3 is 0 Å². The Morgan fingerprint density at radius 1 is 1.05 bits per heavy atom. The van der Waals surface area contributed by atoms with Gasteiger partial charge in [0.1, 0.15) is 5.76 Å². The lowest BCUT2D eigenvalue weighted by Gasteiger charge is -2.04. The lowest BCUT2D eigenvalue weighted by molar-refractivity contribution is 0.430. The monoisotopic (exact) mass is 262 g/mol. The van der Waals surface area contributed by atoms with Crippen molar-refractivity contribution < 1.29 is 5.11 Å². The molecule has 0 atom stereocenters. The molecule has 0 amide bonds. The number of hydrogen-bond donors (Lipinski definition) is 1. The van der Waals surface area contributed by atoms with E-state index >= 15 is 0 Å². The van der Waals surface area contributed by atoms with Crippen LogP contribution < -0.4 is 0 Å². The summed E-state index contributed by atoms with van der Waals surface area (Å²) in [6, 6.07) is 10.3. The summed E-state index contributed by atoms with van der Waals surface area (Å²) in [4.78, 5) is 0. The second-order valence-corrected chi connectivity index (χ2v) is 3.53. The van der Waals surface area contributed by atoms with Gasteiger partial charge in [0.25, 0.3) is 0 Å². The average molecular weight is 262 g/mol. The van der Waals surface area contributed by atoms with E-state index in [9.17, 15) is 5.11 Å². The summed E-state index contributed by atoms with van der Waals surface area (Å²) in [7, 11) is 0. The van der Waals surface area contributed by atoms with Crippen molar-refractivity contribution in [2.75, 3.05) is 0 Å². The van der Waals surface area contributed by atoms with E-state index in [1.807, 2.05) is 58.9 Å². The molecule has 0 aromatic heterocycles. The second kappa shape index (κ2) is 14.6. The minimum Gasteiger partial charge on any atom is -0.508 e. The number of allylic oxidation sites excluding steroid dienone is 3. The molecular weight excluding hydrogens is 232 g/mol. The van der Waals surface area contributed by atoms with Crippen molar-refractivity contribution in [1.82, 2.24) is 0 Å². The van der Waals surface area contributed by atoms with E-state index in [0.29, 0.717) is 5.76 Å². The van der Waals surface area contributed by atoms with Crippen molar-refractivity contribution in [2.24, 2.45) is 0 Å². The van der Waals surface area contributed by atoms with E-state index in [-0.39, 0.29) is 0 Å². The Balaban J connectivity index is 0. The van der Waals surface area contributed by atoms with E-state index < -0.39 is 0 Å². The molecule has 0 spiro atoms. The van der Waals surface area contributed by atoms with Crippen LogP contribution in [0.2, 0.25) is 0 Å². The predicted octanol–water partition coefficient (Wildman–Crippen LogP) is 6.08. The summed E-state index contributed by atoms with van der Waals surface area (Å²) in [5, 5.41) is 9.42. The Morgan fingerprint density at radius 3 is 2.00 bits per heavy atom. The van der Waals surface area contributed by atoms with Gasteiger partial charge in [-0.3, -0.25) is 0 Å². The van der Waals surface area contributed by atoms with Crippen molar-refractivity contribution in [2.45, 2.75) is 54.4 Å². The highest BCUT2D eigenvalue weighted by Gasteiger charge is 1.97. The Bertz CT molecular complexity index is 347. The molecule has 0 aliphatic carbocycles. The SMILES string of the molecule is C/C=C(O)\C=C(/CC)Cc1ccccc1.CC.CC. The van der Waals surface area contributed by atoms with Crippen molar-refractivity contribution in [3.8, 4) is 0 Å². The summed E-state index contributed by atoms with van der Waals surface area (Å²) >= 11 is 0. The van der Waals surface area contributed by atoms with E-state index in [2.05, 4.69) is 19.1 Å². The van der Waals surface area contributed by atoms with Crippen LogP contribution in [-0.2, 0) is 6.42 Å². The van der Waals surface area contributed by atoms with Crippen molar-refractivity contribution in [3.63, 3.8) is 0 Å². The zero-order valence-corrected chi connectivity index (χ0v) is 13.4. The maximum atomic E-state index is 9.42. The maximum absolute atomic E-state index is 9.42. The van der Waals surface area contributed by atoms with Crippen LogP contribution >= 0.6 is 0 Å². The smallest absolute Gasteiger partial charge is 0.111 e. The molecule has 1 rings (SSSR count). The van der Waals surface area contributed by atoms with Crippen LogP contribution in [0.4, 0.5) is 0 Å². The predicted molar refractivity (Wildman–Crippen MR) is 87.6 cm³/mol.